The molecular weight excluding hydrogens is 275 g/mol. The summed E-state index contributed by atoms with van der Waals surface area (Å²) in [6.45, 7) is 1.11. The van der Waals surface area contributed by atoms with Crippen LogP contribution in [0.5, 0.6) is 0 Å². The van der Waals surface area contributed by atoms with Gasteiger partial charge in [-0.25, -0.2) is 4.39 Å². The van der Waals surface area contributed by atoms with Gasteiger partial charge in [0, 0.05) is 6.42 Å². The number of hydrogen-bond acceptors (Lipinski definition) is 0. The quantitative estimate of drug-likeness (QED) is 0.493. The predicted octanol–water partition coefficient (Wildman–Crippen LogP) is 5.18. The van der Waals surface area contributed by atoms with Gasteiger partial charge in [0.25, 0.3) is 0 Å². The maximum absolute atomic E-state index is 14.2. The van der Waals surface area contributed by atoms with Crippen molar-refractivity contribution < 1.29 is 17.6 Å². The highest BCUT2D eigenvalue weighted by Gasteiger charge is 2.27. The topological polar surface area (TPSA) is 0 Å². The van der Waals surface area contributed by atoms with Gasteiger partial charge in [0.2, 0.25) is 0 Å². The molecule has 104 valence electrons. The van der Waals surface area contributed by atoms with Gasteiger partial charge in [0.15, 0.2) is 5.67 Å². The summed E-state index contributed by atoms with van der Waals surface area (Å²) in [6.07, 6.45) is 7.54. The van der Waals surface area contributed by atoms with Gasteiger partial charge in [-0.1, -0.05) is 48.6 Å². The molecule has 0 aliphatic heterocycles. The molecule has 0 heterocycles. The highest BCUT2D eigenvalue weighted by molar-refractivity contribution is 7.38. The first-order valence-electron chi connectivity index (χ1n) is 5.72. The van der Waals surface area contributed by atoms with Crippen LogP contribution in [0, 0.1) is 0 Å². The predicted molar refractivity (Wildman–Crippen MR) is 72.4 cm³/mol. The van der Waals surface area contributed by atoms with Gasteiger partial charge < -0.3 is 0 Å². The summed E-state index contributed by atoms with van der Waals surface area (Å²) in [7, 11) is -0.933. The second-order valence-electron chi connectivity index (χ2n) is 3.97. The van der Waals surface area contributed by atoms with Crippen molar-refractivity contribution in [2.75, 3.05) is 6.66 Å². The van der Waals surface area contributed by atoms with Crippen LogP contribution in [0.4, 0.5) is 17.6 Å². The minimum atomic E-state index is -3.93. The van der Waals surface area contributed by atoms with E-state index in [4.69, 9.17) is 0 Å². The van der Waals surface area contributed by atoms with Crippen LogP contribution in [-0.2, 0) is 5.67 Å². The van der Waals surface area contributed by atoms with Gasteiger partial charge in [-0.2, -0.15) is 13.2 Å². The van der Waals surface area contributed by atoms with E-state index in [0.29, 0.717) is 6.42 Å². The largest absolute Gasteiger partial charge is 0.402 e. The van der Waals surface area contributed by atoms with E-state index in [1.165, 1.54) is 0 Å². The molecule has 0 radical (unpaired) electrons. The Kier molecular flexibility index (Phi) is 5.74. The maximum atomic E-state index is 14.2. The molecule has 1 aromatic carbocycles. The molecule has 0 nitrogen and oxygen atoms in total. The molecule has 19 heavy (non-hydrogen) atoms. The lowest BCUT2D eigenvalue weighted by molar-refractivity contribution is -0.0365. The van der Waals surface area contributed by atoms with Gasteiger partial charge in [-0.05, 0) is 26.9 Å². The minimum Gasteiger partial charge on any atom is -0.234 e. The third-order valence-corrected chi connectivity index (χ3v) is 3.13. The van der Waals surface area contributed by atoms with Crippen molar-refractivity contribution in [3.05, 3.63) is 60.2 Å². The highest BCUT2D eigenvalue weighted by Crippen LogP contribution is 2.33. The Morgan fingerprint density at radius 1 is 1.11 bits per heavy atom. The Hall–Kier alpha value is -1.15. The van der Waals surface area contributed by atoms with Crippen LogP contribution in [-0.4, -0.2) is 12.6 Å². The number of halogens is 4. The van der Waals surface area contributed by atoms with E-state index in [1.54, 1.807) is 12.2 Å². The summed E-state index contributed by atoms with van der Waals surface area (Å²) < 4.78 is 46.6. The molecular formula is C14H15F4P. The Bertz CT molecular complexity index is 437. The monoisotopic (exact) mass is 290 g/mol. The molecule has 1 aliphatic rings. The molecule has 0 bridgehead atoms. The minimum absolute atomic E-state index is 0.438. The van der Waals surface area contributed by atoms with E-state index in [2.05, 4.69) is 0 Å². The van der Waals surface area contributed by atoms with Crippen molar-refractivity contribution in [3.63, 3.8) is 0 Å². The van der Waals surface area contributed by atoms with E-state index in [0.717, 1.165) is 12.2 Å². The van der Waals surface area contributed by atoms with Gasteiger partial charge in [-0.15, -0.1) is 0 Å². The van der Waals surface area contributed by atoms with Crippen molar-refractivity contribution in [1.82, 2.24) is 0 Å². The highest BCUT2D eigenvalue weighted by atomic mass is 31.1. The summed E-state index contributed by atoms with van der Waals surface area (Å²) in [6, 6.07) is 9.27. The van der Waals surface area contributed by atoms with Crippen LogP contribution in [0.25, 0.3) is 0 Å². The number of allylic oxidation sites excluding steroid dienone is 4. The zero-order valence-corrected chi connectivity index (χ0v) is 11.4. The smallest absolute Gasteiger partial charge is 0.234 e. The van der Waals surface area contributed by atoms with E-state index in [1.807, 2.05) is 42.5 Å². The van der Waals surface area contributed by atoms with E-state index >= 15 is 0 Å². The van der Waals surface area contributed by atoms with Gasteiger partial charge >= 0.3 is 5.92 Å². The molecule has 0 saturated heterocycles. The molecule has 2 atom stereocenters. The third kappa shape index (κ3) is 5.56. The molecule has 0 fully saturated rings. The second kappa shape index (κ2) is 6.85. The average Bonchev–Trinajstić information content (AvgIpc) is 2.41. The van der Waals surface area contributed by atoms with Crippen molar-refractivity contribution in [2.45, 2.75) is 18.0 Å². The Morgan fingerprint density at radius 3 is 2.11 bits per heavy atom. The van der Waals surface area contributed by atoms with E-state index in [9.17, 15) is 17.6 Å². The summed E-state index contributed by atoms with van der Waals surface area (Å²) in [5, 5.41) is 0. The molecule has 0 spiro atoms. The SMILES string of the molecule is CPC(F)(F)F.FC1(c2ccccc2)C=CC=CC1. The number of benzene rings is 1. The first kappa shape index (κ1) is 15.9. The third-order valence-electron chi connectivity index (χ3n) is 2.56. The first-order valence-corrected chi connectivity index (χ1v) is 7.22. The lowest BCUT2D eigenvalue weighted by atomic mass is 9.89. The molecule has 0 N–H and O–H groups in total. The molecule has 1 aliphatic carbocycles. The average molecular weight is 290 g/mol. The van der Waals surface area contributed by atoms with Crippen molar-refractivity contribution >= 4 is 8.58 Å². The van der Waals surface area contributed by atoms with Crippen molar-refractivity contribution in [1.29, 1.82) is 0 Å². The standard InChI is InChI=1S/C12H11F.C2H4F3P/c13-12(9-5-2-6-10-12)11-7-3-1-4-8-11;1-6-2(3,4)5/h1-9H,10H2;6H,1H3. The summed E-state index contributed by atoms with van der Waals surface area (Å²) >= 11 is 0. The maximum Gasteiger partial charge on any atom is 0.402 e. The fourth-order valence-corrected chi connectivity index (χ4v) is 1.52. The first-order chi connectivity index (χ1) is 8.87. The number of hydrogen-bond donors (Lipinski definition) is 0. The van der Waals surface area contributed by atoms with E-state index < -0.39 is 20.2 Å². The van der Waals surface area contributed by atoms with Crippen molar-refractivity contribution in [3.8, 4) is 0 Å². The van der Waals surface area contributed by atoms with Crippen LogP contribution < -0.4 is 0 Å². The van der Waals surface area contributed by atoms with Crippen LogP contribution in [0.3, 0.4) is 0 Å². The summed E-state index contributed by atoms with van der Waals surface area (Å²) in [5.41, 5.74) is -0.564. The fourth-order valence-electron chi connectivity index (χ4n) is 1.52. The molecule has 1 aromatic rings. The normalized spacial score (nSPS) is 22.4. The fraction of sp³-hybridized carbons (Fsp3) is 0.286. The zero-order chi connectivity index (χ0) is 14.4. The Labute approximate surface area is 112 Å². The van der Waals surface area contributed by atoms with Crippen LogP contribution >= 0.6 is 8.58 Å². The molecule has 2 unspecified atom stereocenters. The van der Waals surface area contributed by atoms with Crippen LogP contribution in [0.1, 0.15) is 12.0 Å². The van der Waals surface area contributed by atoms with Crippen molar-refractivity contribution in [2.24, 2.45) is 0 Å². The van der Waals surface area contributed by atoms with Gasteiger partial charge in [0.1, 0.15) is 0 Å². The molecule has 0 aromatic heterocycles. The van der Waals surface area contributed by atoms with E-state index in [-0.39, 0.29) is 0 Å². The molecule has 0 amide bonds. The van der Waals surface area contributed by atoms with Crippen LogP contribution in [0.2, 0.25) is 0 Å². The lowest BCUT2D eigenvalue weighted by Gasteiger charge is -2.22. The summed E-state index contributed by atoms with van der Waals surface area (Å²) in [4.78, 5) is 0. The number of rotatable bonds is 1. The van der Waals surface area contributed by atoms with Gasteiger partial charge in [0.05, 0.1) is 0 Å². The van der Waals surface area contributed by atoms with Crippen LogP contribution in [0.15, 0.2) is 54.6 Å². The molecule has 0 saturated carbocycles. The zero-order valence-electron chi connectivity index (χ0n) is 10.4. The Balaban J connectivity index is 0.000000258. The van der Waals surface area contributed by atoms with Gasteiger partial charge in [-0.3, -0.25) is 0 Å². The lowest BCUT2D eigenvalue weighted by Crippen LogP contribution is -2.17. The number of alkyl halides is 4. The summed E-state index contributed by atoms with van der Waals surface area (Å²) in [5.74, 6) is -3.93. The molecule has 5 heteroatoms. The molecule has 2 rings (SSSR count). The Morgan fingerprint density at radius 2 is 1.68 bits per heavy atom. The second-order valence-corrected chi connectivity index (χ2v) is 5.03.